The van der Waals surface area contributed by atoms with Crippen LogP contribution in [0.5, 0.6) is 0 Å². The van der Waals surface area contributed by atoms with Crippen molar-refractivity contribution in [2.45, 2.75) is 44.2 Å². The number of alkyl halides is 1. The highest BCUT2D eigenvalue weighted by atomic mass is 35.5. The predicted octanol–water partition coefficient (Wildman–Crippen LogP) is 2.16. The lowest BCUT2D eigenvalue weighted by atomic mass is 10.1. The fourth-order valence-electron chi connectivity index (χ4n) is 1.71. The molecule has 0 aromatic rings. The van der Waals surface area contributed by atoms with Crippen LogP contribution in [0.25, 0.3) is 0 Å². The van der Waals surface area contributed by atoms with Crippen molar-refractivity contribution in [1.82, 2.24) is 4.90 Å². The minimum Gasteiger partial charge on any atom is -0.363 e. The van der Waals surface area contributed by atoms with Gasteiger partial charge in [-0.1, -0.05) is 31.4 Å². The minimum atomic E-state index is -1.07. The molecule has 1 fully saturated rings. The Morgan fingerprint density at radius 2 is 1.92 bits per heavy atom. The molecule has 1 N–H and O–H groups in total. The molecule has 3 heteroatoms. The molecule has 12 heavy (non-hydrogen) atoms. The Balaban J connectivity index is 2.41. The summed E-state index contributed by atoms with van der Waals surface area (Å²) in [5.74, 6) is 0. The summed E-state index contributed by atoms with van der Waals surface area (Å²) in [6.07, 6.45) is 5.19. The summed E-state index contributed by atoms with van der Waals surface area (Å²) in [6.45, 7) is 3.93. The molecule has 0 amide bonds. The van der Waals surface area contributed by atoms with Crippen molar-refractivity contribution in [3.63, 3.8) is 0 Å². The minimum absolute atomic E-state index is 0.661. The van der Waals surface area contributed by atoms with E-state index in [1.54, 1.807) is 0 Å². The van der Waals surface area contributed by atoms with Crippen molar-refractivity contribution in [3.05, 3.63) is 0 Å². The van der Waals surface area contributed by atoms with Gasteiger partial charge in [0.05, 0.1) is 0 Å². The third kappa shape index (κ3) is 2.61. The van der Waals surface area contributed by atoms with Gasteiger partial charge in [0, 0.05) is 19.5 Å². The summed E-state index contributed by atoms with van der Waals surface area (Å²) in [5, 5.41) is 8.76. The van der Waals surface area contributed by atoms with E-state index < -0.39 is 5.18 Å². The van der Waals surface area contributed by atoms with Gasteiger partial charge in [0.25, 0.3) is 0 Å². The average molecular weight is 192 g/mol. The van der Waals surface area contributed by atoms with Gasteiger partial charge >= 0.3 is 0 Å². The molecular weight excluding hydrogens is 174 g/mol. The molecule has 1 unspecified atom stereocenters. The summed E-state index contributed by atoms with van der Waals surface area (Å²) in [5.41, 5.74) is 0. The maximum absolute atomic E-state index is 9.83. The Morgan fingerprint density at radius 3 is 2.42 bits per heavy atom. The highest BCUT2D eigenvalue weighted by Crippen LogP contribution is 2.26. The predicted molar refractivity (Wildman–Crippen MR) is 51.1 cm³/mol. The molecule has 0 aliphatic carbocycles. The molecule has 0 radical (unpaired) electrons. The maximum Gasteiger partial charge on any atom is 0.196 e. The zero-order valence-electron chi connectivity index (χ0n) is 7.72. The molecule has 72 valence electrons. The van der Waals surface area contributed by atoms with Crippen LogP contribution >= 0.6 is 11.6 Å². The maximum atomic E-state index is 9.83. The Hall–Kier alpha value is 0.210. The standard InChI is InChI=1S/C9H18ClNO/c1-2-6-9(10,12)11-7-4-3-5-8-11/h12H,2-8H2,1H3. The van der Waals surface area contributed by atoms with E-state index in [-0.39, 0.29) is 0 Å². The number of rotatable bonds is 3. The molecule has 1 rings (SSSR count). The second-order valence-corrected chi connectivity index (χ2v) is 4.12. The molecule has 1 atom stereocenters. The second kappa shape index (κ2) is 4.45. The Morgan fingerprint density at radius 1 is 1.33 bits per heavy atom. The number of hydrogen-bond donors (Lipinski definition) is 1. The zero-order valence-corrected chi connectivity index (χ0v) is 8.48. The molecule has 0 saturated carbocycles. The Bertz CT molecular complexity index is 132. The number of nitrogens with zero attached hydrogens (tertiary/aromatic N) is 1. The van der Waals surface area contributed by atoms with Crippen LogP contribution in [0.1, 0.15) is 39.0 Å². The van der Waals surface area contributed by atoms with E-state index in [0.29, 0.717) is 6.42 Å². The summed E-state index contributed by atoms with van der Waals surface area (Å²) in [7, 11) is 0. The fraction of sp³-hybridized carbons (Fsp3) is 1.00. The molecule has 0 aromatic heterocycles. The van der Waals surface area contributed by atoms with E-state index in [4.69, 9.17) is 11.6 Å². The molecule has 0 aromatic carbocycles. The second-order valence-electron chi connectivity index (χ2n) is 3.52. The number of likely N-dealkylation sites (tertiary alicyclic amines) is 1. The number of halogens is 1. The molecule has 0 spiro atoms. The highest BCUT2D eigenvalue weighted by Gasteiger charge is 2.31. The molecule has 0 bridgehead atoms. The van der Waals surface area contributed by atoms with Crippen LogP contribution in [0.2, 0.25) is 0 Å². The van der Waals surface area contributed by atoms with E-state index in [1.165, 1.54) is 19.3 Å². The number of piperidine rings is 1. The van der Waals surface area contributed by atoms with Crippen LogP contribution in [0.3, 0.4) is 0 Å². The van der Waals surface area contributed by atoms with E-state index in [0.717, 1.165) is 19.5 Å². The Kier molecular flexibility index (Phi) is 3.81. The van der Waals surface area contributed by atoms with Crippen LogP contribution in [-0.4, -0.2) is 28.3 Å². The lowest BCUT2D eigenvalue weighted by Gasteiger charge is -2.37. The summed E-state index contributed by atoms with van der Waals surface area (Å²) in [4.78, 5) is 1.99. The fourth-order valence-corrected chi connectivity index (χ4v) is 2.07. The molecular formula is C9H18ClNO. The smallest absolute Gasteiger partial charge is 0.196 e. The van der Waals surface area contributed by atoms with Gasteiger partial charge in [-0.3, -0.25) is 4.90 Å². The third-order valence-corrected chi connectivity index (χ3v) is 2.84. The summed E-state index contributed by atoms with van der Waals surface area (Å²) in [6, 6.07) is 0. The number of hydrogen-bond acceptors (Lipinski definition) is 2. The van der Waals surface area contributed by atoms with Crippen LogP contribution in [0, 0.1) is 0 Å². The van der Waals surface area contributed by atoms with Gasteiger partial charge in [-0.15, -0.1) is 0 Å². The summed E-state index contributed by atoms with van der Waals surface area (Å²) < 4.78 is 0. The monoisotopic (exact) mass is 191 g/mol. The van der Waals surface area contributed by atoms with Crippen molar-refractivity contribution in [3.8, 4) is 0 Å². The highest BCUT2D eigenvalue weighted by molar-refractivity contribution is 6.22. The van der Waals surface area contributed by atoms with Gasteiger partial charge in [-0.05, 0) is 12.8 Å². The molecule has 1 aliphatic rings. The average Bonchev–Trinajstić information content (AvgIpc) is 2.06. The van der Waals surface area contributed by atoms with Crippen molar-refractivity contribution in [2.75, 3.05) is 13.1 Å². The topological polar surface area (TPSA) is 23.5 Å². The van der Waals surface area contributed by atoms with Gasteiger partial charge in [0.15, 0.2) is 5.18 Å². The van der Waals surface area contributed by atoms with Gasteiger partial charge in [0.1, 0.15) is 0 Å². The van der Waals surface area contributed by atoms with E-state index >= 15 is 0 Å². The van der Waals surface area contributed by atoms with Crippen LogP contribution < -0.4 is 0 Å². The SMILES string of the molecule is CCCC(O)(Cl)N1CCCCC1. The molecule has 1 heterocycles. The van der Waals surface area contributed by atoms with Crippen molar-refractivity contribution in [1.29, 1.82) is 0 Å². The van der Waals surface area contributed by atoms with Gasteiger partial charge in [0.2, 0.25) is 0 Å². The summed E-state index contributed by atoms with van der Waals surface area (Å²) >= 11 is 6.00. The quantitative estimate of drug-likeness (QED) is 0.546. The third-order valence-electron chi connectivity index (χ3n) is 2.41. The van der Waals surface area contributed by atoms with Gasteiger partial charge in [-0.25, -0.2) is 0 Å². The van der Waals surface area contributed by atoms with Crippen LogP contribution in [0.4, 0.5) is 0 Å². The van der Waals surface area contributed by atoms with Crippen molar-refractivity contribution < 1.29 is 5.11 Å². The first kappa shape index (κ1) is 10.3. The van der Waals surface area contributed by atoms with E-state index in [1.807, 2.05) is 11.8 Å². The largest absolute Gasteiger partial charge is 0.363 e. The van der Waals surface area contributed by atoms with E-state index in [9.17, 15) is 5.11 Å². The number of aliphatic hydroxyl groups is 1. The van der Waals surface area contributed by atoms with Crippen molar-refractivity contribution in [2.24, 2.45) is 0 Å². The van der Waals surface area contributed by atoms with Gasteiger partial charge < -0.3 is 5.11 Å². The van der Waals surface area contributed by atoms with Gasteiger partial charge in [-0.2, -0.15) is 0 Å². The Labute approximate surface area is 79.5 Å². The first-order valence-electron chi connectivity index (χ1n) is 4.83. The molecule has 2 nitrogen and oxygen atoms in total. The first-order chi connectivity index (χ1) is 5.67. The van der Waals surface area contributed by atoms with Crippen LogP contribution in [-0.2, 0) is 0 Å². The molecule has 1 saturated heterocycles. The van der Waals surface area contributed by atoms with Crippen LogP contribution in [0.15, 0.2) is 0 Å². The lowest BCUT2D eigenvalue weighted by Crippen LogP contribution is -2.46. The zero-order chi connectivity index (χ0) is 9.03. The van der Waals surface area contributed by atoms with Crippen molar-refractivity contribution >= 4 is 11.6 Å². The molecule has 1 aliphatic heterocycles. The normalized spacial score (nSPS) is 25.2. The first-order valence-corrected chi connectivity index (χ1v) is 5.21. The lowest BCUT2D eigenvalue weighted by molar-refractivity contribution is -0.0526. The van der Waals surface area contributed by atoms with E-state index in [2.05, 4.69) is 0 Å².